The fraction of sp³-hybridized carbons (Fsp3) is 0.0870. The third-order valence-electron chi connectivity index (χ3n) is 4.72. The number of carboxylic acid groups (broad SMARTS) is 1. The number of hydrogen-bond donors (Lipinski definition) is 2. The Kier molecular flexibility index (Phi) is 5.29. The van der Waals surface area contributed by atoms with Crippen molar-refractivity contribution >= 4 is 22.7 Å². The molecule has 3 aromatic carbocycles. The molecule has 0 aliphatic carbocycles. The number of aromatic carboxylic acids is 1. The summed E-state index contributed by atoms with van der Waals surface area (Å²) in [5.74, 6) is -2.30. The molecule has 0 saturated carbocycles. The fourth-order valence-electron chi connectivity index (χ4n) is 3.27. The molecule has 0 bridgehead atoms. The lowest BCUT2D eigenvalue weighted by Gasteiger charge is -2.13. The molecule has 0 fully saturated rings. The van der Waals surface area contributed by atoms with Gasteiger partial charge in [-0.05, 0) is 34.9 Å². The van der Waals surface area contributed by atoms with E-state index in [4.69, 9.17) is 0 Å². The molecule has 2 N–H and O–H groups in total. The molecule has 0 saturated heterocycles. The molecule has 1 heterocycles. The number of rotatable bonds is 5. The van der Waals surface area contributed by atoms with Gasteiger partial charge in [0.25, 0.3) is 0 Å². The van der Waals surface area contributed by atoms with Crippen molar-refractivity contribution in [1.82, 2.24) is 9.97 Å². The molecule has 8 heteroatoms. The van der Waals surface area contributed by atoms with Crippen LogP contribution in [0.4, 0.5) is 19.0 Å². The van der Waals surface area contributed by atoms with Crippen LogP contribution in [0.25, 0.3) is 22.0 Å². The first-order chi connectivity index (χ1) is 14.8. The number of nitrogens with one attached hydrogen (secondary N) is 1. The average Bonchev–Trinajstić information content (AvgIpc) is 2.77. The van der Waals surface area contributed by atoms with Gasteiger partial charge in [-0.3, -0.25) is 0 Å². The lowest BCUT2D eigenvalue weighted by atomic mass is 9.97. The number of alkyl halides is 3. The van der Waals surface area contributed by atoms with Crippen molar-refractivity contribution in [3.63, 3.8) is 0 Å². The van der Waals surface area contributed by atoms with Crippen molar-refractivity contribution in [2.75, 3.05) is 5.32 Å². The van der Waals surface area contributed by atoms with E-state index in [1.165, 1.54) is 12.1 Å². The molecule has 31 heavy (non-hydrogen) atoms. The van der Waals surface area contributed by atoms with Crippen LogP contribution in [-0.4, -0.2) is 21.0 Å². The minimum absolute atomic E-state index is 0.0296. The second kappa shape index (κ2) is 8.06. The molecule has 1 aromatic heterocycles. The van der Waals surface area contributed by atoms with E-state index in [2.05, 4.69) is 15.3 Å². The zero-order chi connectivity index (χ0) is 22.0. The molecular weight excluding hydrogens is 407 g/mol. The highest BCUT2D eigenvalue weighted by atomic mass is 19.4. The highest BCUT2D eigenvalue weighted by molar-refractivity contribution is 5.96. The number of fused-ring (bicyclic) bond motifs is 1. The summed E-state index contributed by atoms with van der Waals surface area (Å²) in [6, 6.07) is 20.4. The van der Waals surface area contributed by atoms with Gasteiger partial charge in [0, 0.05) is 11.9 Å². The Hall–Kier alpha value is -3.94. The van der Waals surface area contributed by atoms with E-state index in [1.54, 1.807) is 30.3 Å². The van der Waals surface area contributed by atoms with Gasteiger partial charge >= 0.3 is 12.1 Å². The summed E-state index contributed by atoms with van der Waals surface area (Å²) in [6.07, 6.45) is -4.69. The number of benzene rings is 3. The number of para-hydroxylation sites is 1. The van der Waals surface area contributed by atoms with Crippen molar-refractivity contribution in [1.29, 1.82) is 0 Å². The van der Waals surface area contributed by atoms with Gasteiger partial charge in [0.1, 0.15) is 5.82 Å². The quantitative estimate of drug-likeness (QED) is 0.435. The Morgan fingerprint density at radius 1 is 0.935 bits per heavy atom. The second-order valence-electron chi connectivity index (χ2n) is 6.82. The van der Waals surface area contributed by atoms with Gasteiger partial charge in [-0.1, -0.05) is 54.6 Å². The molecule has 4 rings (SSSR count). The smallest absolute Gasteiger partial charge is 0.451 e. The van der Waals surface area contributed by atoms with Crippen molar-refractivity contribution in [3.05, 3.63) is 89.7 Å². The first-order valence-electron chi connectivity index (χ1n) is 9.32. The minimum atomic E-state index is -4.69. The lowest BCUT2D eigenvalue weighted by Crippen LogP contribution is -2.14. The second-order valence-corrected chi connectivity index (χ2v) is 6.82. The van der Waals surface area contributed by atoms with Crippen LogP contribution in [-0.2, 0) is 12.7 Å². The lowest BCUT2D eigenvalue weighted by molar-refractivity contribution is -0.144. The number of hydrogen-bond acceptors (Lipinski definition) is 4. The molecule has 0 amide bonds. The Morgan fingerprint density at radius 2 is 1.65 bits per heavy atom. The van der Waals surface area contributed by atoms with Gasteiger partial charge in [0.15, 0.2) is 0 Å². The maximum atomic E-state index is 13.2. The zero-order valence-electron chi connectivity index (χ0n) is 16.0. The molecule has 0 aliphatic heterocycles. The van der Waals surface area contributed by atoms with Crippen molar-refractivity contribution in [2.24, 2.45) is 0 Å². The molecule has 156 valence electrons. The summed E-state index contributed by atoms with van der Waals surface area (Å²) in [5.41, 5.74) is 2.18. The van der Waals surface area contributed by atoms with E-state index in [9.17, 15) is 23.1 Å². The Morgan fingerprint density at radius 3 is 2.35 bits per heavy atom. The Balaban J connectivity index is 1.68. The number of aromatic nitrogens is 2. The first-order valence-corrected chi connectivity index (χ1v) is 9.32. The van der Waals surface area contributed by atoms with Crippen LogP contribution in [0.15, 0.2) is 72.8 Å². The highest BCUT2D eigenvalue weighted by Crippen LogP contribution is 2.31. The molecule has 0 spiro atoms. The van der Waals surface area contributed by atoms with Gasteiger partial charge in [0.2, 0.25) is 5.82 Å². The van der Waals surface area contributed by atoms with Gasteiger partial charge in [-0.2, -0.15) is 13.2 Å². The Bertz CT molecular complexity index is 1260. The molecule has 5 nitrogen and oxygen atoms in total. The molecule has 0 aliphatic rings. The van der Waals surface area contributed by atoms with E-state index in [1.807, 2.05) is 30.3 Å². The maximum Gasteiger partial charge on any atom is 0.451 e. The van der Waals surface area contributed by atoms with Crippen LogP contribution < -0.4 is 5.32 Å². The van der Waals surface area contributed by atoms with Gasteiger partial charge in [-0.25, -0.2) is 14.8 Å². The standard InChI is InChI=1S/C23H16F3N3O2/c24-23(25,26)22-28-19-9-5-4-8-17(19)20(29-22)27-13-14-10-11-16(18(12-14)21(30)31)15-6-2-1-3-7-15/h1-12H,13H2,(H,30,31)(H,27,28,29). The van der Waals surface area contributed by atoms with Crippen molar-refractivity contribution in [3.8, 4) is 11.1 Å². The molecule has 0 unspecified atom stereocenters. The minimum Gasteiger partial charge on any atom is -0.478 e. The molecule has 0 radical (unpaired) electrons. The topological polar surface area (TPSA) is 75.1 Å². The predicted octanol–water partition coefficient (Wildman–Crippen LogP) is 5.63. The number of carboxylic acids is 1. The third kappa shape index (κ3) is 4.32. The van der Waals surface area contributed by atoms with Gasteiger partial charge < -0.3 is 10.4 Å². The number of anilines is 1. The fourth-order valence-corrected chi connectivity index (χ4v) is 3.27. The third-order valence-corrected chi connectivity index (χ3v) is 4.72. The summed E-state index contributed by atoms with van der Waals surface area (Å²) in [6.45, 7) is 0.0909. The van der Waals surface area contributed by atoms with Crippen LogP contribution in [0, 0.1) is 0 Å². The van der Waals surface area contributed by atoms with Crippen molar-refractivity contribution < 1.29 is 23.1 Å². The summed E-state index contributed by atoms with van der Waals surface area (Å²) in [5, 5.41) is 13.0. The Labute approximate surface area is 175 Å². The summed E-state index contributed by atoms with van der Waals surface area (Å²) < 4.78 is 39.6. The predicted molar refractivity (Wildman–Crippen MR) is 111 cm³/mol. The summed E-state index contributed by atoms with van der Waals surface area (Å²) >= 11 is 0. The zero-order valence-corrected chi connectivity index (χ0v) is 16.0. The van der Waals surface area contributed by atoms with Crippen molar-refractivity contribution in [2.45, 2.75) is 12.7 Å². The van der Waals surface area contributed by atoms with Crippen LogP contribution in [0.3, 0.4) is 0 Å². The van der Waals surface area contributed by atoms with E-state index in [-0.39, 0.29) is 23.4 Å². The average molecular weight is 423 g/mol. The number of nitrogens with zero attached hydrogens (tertiary/aromatic N) is 2. The SMILES string of the molecule is O=C(O)c1cc(CNc2nc(C(F)(F)F)nc3ccccc23)ccc1-c1ccccc1. The van der Waals surface area contributed by atoms with Crippen LogP contribution >= 0.6 is 0 Å². The largest absolute Gasteiger partial charge is 0.478 e. The van der Waals surface area contributed by atoms with Gasteiger partial charge in [0.05, 0.1) is 11.1 Å². The highest BCUT2D eigenvalue weighted by Gasteiger charge is 2.35. The number of halogens is 3. The van der Waals surface area contributed by atoms with E-state index in [0.717, 1.165) is 5.56 Å². The monoisotopic (exact) mass is 423 g/mol. The molecule has 4 aromatic rings. The molecule has 0 atom stereocenters. The first kappa shape index (κ1) is 20.3. The molecular formula is C23H16F3N3O2. The van der Waals surface area contributed by atoms with Crippen LogP contribution in [0.5, 0.6) is 0 Å². The summed E-state index contributed by atoms with van der Waals surface area (Å²) in [7, 11) is 0. The van der Waals surface area contributed by atoms with Crippen LogP contribution in [0.1, 0.15) is 21.7 Å². The number of carbonyl (C=O) groups is 1. The van der Waals surface area contributed by atoms with E-state index < -0.39 is 18.0 Å². The van der Waals surface area contributed by atoms with E-state index in [0.29, 0.717) is 16.5 Å². The van der Waals surface area contributed by atoms with Gasteiger partial charge in [-0.15, -0.1) is 0 Å². The van der Waals surface area contributed by atoms with Crippen LogP contribution in [0.2, 0.25) is 0 Å². The normalized spacial score (nSPS) is 11.5. The summed E-state index contributed by atoms with van der Waals surface area (Å²) in [4.78, 5) is 19.0. The van der Waals surface area contributed by atoms with E-state index >= 15 is 0 Å². The maximum absolute atomic E-state index is 13.2.